The Bertz CT molecular complexity index is 320. The third-order valence-electron chi connectivity index (χ3n) is 2.34. The van der Waals surface area contributed by atoms with Gasteiger partial charge in [0, 0.05) is 30.3 Å². The maximum atomic E-state index is 11.6. The molecular formula is C8H13NO2. The second-order valence-corrected chi connectivity index (χ2v) is 3.05. The summed E-state index contributed by atoms with van der Waals surface area (Å²) in [5.74, 6) is -1.04. The maximum Gasteiger partial charge on any atom is 0.136 e. The molecule has 11 heavy (non-hydrogen) atoms. The summed E-state index contributed by atoms with van der Waals surface area (Å²) >= 11 is 0. The molecule has 0 aromatic heterocycles. The van der Waals surface area contributed by atoms with E-state index in [1.807, 2.05) is 0 Å². The highest BCUT2D eigenvalue weighted by molar-refractivity contribution is 5.81. The molecule has 3 heteroatoms. The van der Waals surface area contributed by atoms with Crippen molar-refractivity contribution in [1.82, 2.24) is 4.90 Å². The van der Waals surface area contributed by atoms with Gasteiger partial charge in [-0.25, -0.2) is 0 Å². The van der Waals surface area contributed by atoms with Crippen LogP contribution in [0.15, 0.2) is 0 Å². The van der Waals surface area contributed by atoms with Gasteiger partial charge in [0.2, 0.25) is 0 Å². The molecule has 2 saturated heterocycles. The lowest BCUT2D eigenvalue weighted by Crippen LogP contribution is -2.42. The van der Waals surface area contributed by atoms with Crippen molar-refractivity contribution >= 4 is 5.78 Å². The highest BCUT2D eigenvalue weighted by Gasteiger charge is 2.43. The fourth-order valence-electron chi connectivity index (χ4n) is 1.68. The van der Waals surface area contributed by atoms with Gasteiger partial charge in [-0.1, -0.05) is 0 Å². The molecule has 0 aliphatic carbocycles. The van der Waals surface area contributed by atoms with Gasteiger partial charge in [0.15, 0.2) is 0 Å². The average Bonchev–Trinajstić information content (AvgIpc) is 2.37. The highest BCUT2D eigenvalue weighted by Crippen LogP contribution is 2.32. The van der Waals surface area contributed by atoms with E-state index in [2.05, 4.69) is 0 Å². The third-order valence-corrected chi connectivity index (χ3v) is 2.34. The van der Waals surface area contributed by atoms with Crippen LogP contribution in [-0.4, -0.2) is 41.0 Å². The Labute approximate surface area is 71.6 Å². The van der Waals surface area contributed by atoms with E-state index in [-0.39, 0.29) is 6.42 Å². The lowest BCUT2D eigenvalue weighted by molar-refractivity contribution is -0.123. The van der Waals surface area contributed by atoms with E-state index in [1.54, 1.807) is 7.05 Å². The summed E-state index contributed by atoms with van der Waals surface area (Å²) in [6.07, 6.45) is -5.40. The Morgan fingerprint density at radius 1 is 1.73 bits per heavy atom. The molecule has 0 spiro atoms. The number of hydrogen-bond donors (Lipinski definition) is 1. The predicted octanol–water partition coefficient (Wildman–Crippen LogP) is -0.217. The molecule has 0 amide bonds. The van der Waals surface area contributed by atoms with E-state index in [9.17, 15) is 9.90 Å². The molecule has 0 aromatic rings. The van der Waals surface area contributed by atoms with Crippen LogP contribution in [0, 0.1) is 0 Å². The van der Waals surface area contributed by atoms with Crippen molar-refractivity contribution in [3.63, 3.8) is 0 Å². The zero-order valence-electron chi connectivity index (χ0n) is 10.2. The lowest BCUT2D eigenvalue weighted by Gasteiger charge is -2.30. The van der Waals surface area contributed by atoms with E-state index < -0.39 is 36.7 Å². The molecule has 2 aliphatic heterocycles. The normalized spacial score (nSPS) is 59.5. The summed E-state index contributed by atoms with van der Waals surface area (Å²) in [7, 11) is 1.55. The third kappa shape index (κ3) is 0.993. The number of Topliss-reactive ketones (excluding diaryl/α,β-unsaturated/α-hetero) is 1. The second-order valence-electron chi connectivity index (χ2n) is 3.05. The van der Waals surface area contributed by atoms with Gasteiger partial charge in [-0.3, -0.25) is 9.69 Å². The van der Waals surface area contributed by atoms with Crippen LogP contribution in [-0.2, 0) is 4.79 Å². The average molecular weight is 159 g/mol. The van der Waals surface area contributed by atoms with Gasteiger partial charge in [0.05, 0.1) is 6.10 Å². The molecule has 2 aliphatic rings. The Morgan fingerprint density at radius 3 is 3.18 bits per heavy atom. The Balaban J connectivity index is 2.52. The van der Waals surface area contributed by atoms with Crippen LogP contribution < -0.4 is 0 Å². The molecule has 2 bridgehead atoms. The van der Waals surface area contributed by atoms with Gasteiger partial charge in [-0.2, -0.15) is 0 Å². The molecule has 2 heterocycles. The van der Waals surface area contributed by atoms with E-state index in [0.717, 1.165) is 0 Å². The van der Waals surface area contributed by atoms with E-state index >= 15 is 0 Å². The van der Waals surface area contributed by atoms with E-state index in [0.29, 0.717) is 0 Å². The van der Waals surface area contributed by atoms with Gasteiger partial charge >= 0.3 is 0 Å². The van der Waals surface area contributed by atoms with Gasteiger partial charge in [0.25, 0.3) is 0 Å². The number of rotatable bonds is 0. The minimum atomic E-state index is -2.31. The summed E-state index contributed by atoms with van der Waals surface area (Å²) in [6.45, 7) is 0. The number of ketones is 1. The molecule has 1 unspecified atom stereocenters. The van der Waals surface area contributed by atoms with Crippen LogP contribution in [0.2, 0.25) is 0 Å². The zero-order chi connectivity index (χ0) is 11.6. The van der Waals surface area contributed by atoms with Crippen molar-refractivity contribution in [2.75, 3.05) is 7.05 Å². The number of carbonyl (C=O) groups is 1. The van der Waals surface area contributed by atoms with E-state index in [1.165, 1.54) is 4.90 Å². The van der Waals surface area contributed by atoms with Gasteiger partial charge in [0.1, 0.15) is 5.78 Å². The SMILES string of the molecule is [2H]C1([2H])C(=O)C([2H])([2H])[C@H]2CC(O)[C@@H]1N2C. The van der Waals surface area contributed by atoms with Crippen LogP contribution in [0.25, 0.3) is 0 Å². The second kappa shape index (κ2) is 2.29. The minimum Gasteiger partial charge on any atom is -0.391 e. The Hall–Kier alpha value is -0.410. The number of carbonyl (C=O) groups excluding carboxylic acids is 1. The maximum absolute atomic E-state index is 11.6. The predicted molar refractivity (Wildman–Crippen MR) is 40.2 cm³/mol. The molecule has 0 saturated carbocycles. The van der Waals surface area contributed by atoms with Crippen LogP contribution in [0.5, 0.6) is 0 Å². The van der Waals surface area contributed by atoms with Crippen LogP contribution >= 0.6 is 0 Å². The topological polar surface area (TPSA) is 40.5 Å². The molecule has 3 nitrogen and oxygen atoms in total. The number of nitrogens with zero attached hydrogens (tertiary/aromatic N) is 1. The number of aliphatic hydroxyl groups is 1. The number of likely N-dealkylation sites (N-methyl/N-ethyl adjacent to an activating group) is 1. The summed E-state index contributed by atoms with van der Waals surface area (Å²) in [6, 6.07) is -1.63. The first-order valence-electron chi connectivity index (χ1n) is 5.65. The molecule has 2 fully saturated rings. The smallest absolute Gasteiger partial charge is 0.136 e. The first kappa shape index (κ1) is 4.01. The summed E-state index contributed by atoms with van der Waals surface area (Å²) in [5, 5.41) is 9.65. The fraction of sp³-hybridized carbons (Fsp3) is 0.875. The number of hydrogen-bond acceptors (Lipinski definition) is 3. The Morgan fingerprint density at radius 2 is 2.45 bits per heavy atom. The highest BCUT2D eigenvalue weighted by atomic mass is 16.3. The van der Waals surface area contributed by atoms with E-state index in [4.69, 9.17) is 5.48 Å². The molecule has 0 aromatic carbocycles. The first-order chi connectivity index (χ1) is 6.70. The molecule has 0 radical (unpaired) electrons. The van der Waals surface area contributed by atoms with Crippen molar-refractivity contribution < 1.29 is 15.4 Å². The monoisotopic (exact) mass is 159 g/mol. The van der Waals surface area contributed by atoms with Gasteiger partial charge in [-0.15, -0.1) is 0 Å². The summed E-state index contributed by atoms with van der Waals surface area (Å²) in [4.78, 5) is 13.1. The molecule has 1 N–H and O–H groups in total. The summed E-state index contributed by atoms with van der Waals surface area (Å²) in [5.41, 5.74) is 0. The number of fused-ring (bicyclic) bond motifs is 2. The van der Waals surface area contributed by atoms with Crippen LogP contribution in [0.4, 0.5) is 0 Å². The van der Waals surface area contributed by atoms with Crippen LogP contribution in [0.1, 0.15) is 24.6 Å². The molecule has 3 atom stereocenters. The lowest BCUT2D eigenvalue weighted by atomic mass is 10.0. The minimum absolute atomic E-state index is 0.111. The standard InChI is InChI=1S/C8H13NO2/c1-9-5-2-6(10)4-7(9)8(11)3-5/h5,7-8,11H,2-4H2,1H3/t5-,7+,8?/m0/s1/i2D2,4D2. The summed E-state index contributed by atoms with van der Waals surface area (Å²) < 4.78 is 30.4. The molecular weight excluding hydrogens is 142 g/mol. The van der Waals surface area contributed by atoms with Crippen molar-refractivity contribution in [3.8, 4) is 0 Å². The van der Waals surface area contributed by atoms with Crippen molar-refractivity contribution in [2.24, 2.45) is 0 Å². The van der Waals surface area contributed by atoms with Crippen molar-refractivity contribution in [3.05, 3.63) is 0 Å². The largest absolute Gasteiger partial charge is 0.391 e. The van der Waals surface area contributed by atoms with Gasteiger partial charge < -0.3 is 5.11 Å². The fourth-order valence-corrected chi connectivity index (χ4v) is 1.68. The van der Waals surface area contributed by atoms with Crippen molar-refractivity contribution in [1.29, 1.82) is 0 Å². The zero-order valence-corrected chi connectivity index (χ0v) is 6.24. The Kier molecular flexibility index (Phi) is 0.833. The first-order valence-corrected chi connectivity index (χ1v) is 3.65. The number of piperidine rings is 1. The number of aliphatic hydroxyl groups excluding tert-OH is 1. The molecule has 2 rings (SSSR count). The molecule has 62 valence electrons. The quantitative estimate of drug-likeness (QED) is 0.531. The van der Waals surface area contributed by atoms with Crippen LogP contribution in [0.3, 0.4) is 0 Å². The van der Waals surface area contributed by atoms with Gasteiger partial charge in [-0.05, 0) is 13.5 Å². The van der Waals surface area contributed by atoms with Crippen molar-refractivity contribution in [2.45, 2.75) is 37.4 Å².